The van der Waals surface area contributed by atoms with E-state index in [9.17, 15) is 20.3 Å². The number of likely N-dealkylation sites (tertiary alicyclic amines) is 1. The highest BCUT2D eigenvalue weighted by molar-refractivity contribution is 6.32. The Kier molecular flexibility index (Phi) is 14.1. The third-order valence-corrected chi connectivity index (χ3v) is 10.4. The van der Waals surface area contributed by atoms with Gasteiger partial charge in [0.1, 0.15) is 41.9 Å². The number of aliphatic hydroxyl groups is 1. The highest BCUT2D eigenvalue weighted by atomic mass is 35.5. The average molecular weight is 753 g/mol. The van der Waals surface area contributed by atoms with E-state index in [1.165, 1.54) is 38.2 Å². The van der Waals surface area contributed by atoms with Crippen LogP contribution in [0.2, 0.25) is 5.02 Å². The fourth-order valence-corrected chi connectivity index (χ4v) is 6.97. The van der Waals surface area contributed by atoms with E-state index < -0.39 is 18.0 Å². The van der Waals surface area contributed by atoms with E-state index in [1.807, 2.05) is 12.1 Å². The van der Waals surface area contributed by atoms with Crippen molar-refractivity contribution in [1.82, 2.24) is 15.2 Å². The van der Waals surface area contributed by atoms with Gasteiger partial charge in [-0.2, -0.15) is 5.26 Å². The number of benzene rings is 3. The van der Waals surface area contributed by atoms with E-state index in [-0.39, 0.29) is 26.3 Å². The molecule has 0 unspecified atom stereocenters. The number of hydrogen-bond acceptors (Lipinski definition) is 9. The predicted molar refractivity (Wildman–Crippen MR) is 210 cm³/mol. The van der Waals surface area contributed by atoms with Crippen LogP contribution in [0.15, 0.2) is 73.6 Å². The van der Waals surface area contributed by atoms with Crippen molar-refractivity contribution in [2.45, 2.75) is 59.8 Å². The number of nitrogens with zero attached hydrogens (tertiary/aromatic N) is 3. The molecular formula is C43H49ClN4O6. The Morgan fingerprint density at radius 3 is 2.52 bits per heavy atom. The molecule has 3 aromatic carbocycles. The molecule has 0 radical (unpaired) electrons. The molecule has 0 saturated carbocycles. The van der Waals surface area contributed by atoms with Gasteiger partial charge in [-0.15, -0.1) is 6.58 Å². The lowest BCUT2D eigenvalue weighted by Gasteiger charge is -2.24. The number of rotatable bonds is 19. The normalized spacial score (nSPS) is 13.9. The minimum atomic E-state index is -1.55. The number of nitriles is 1. The molecule has 2 heterocycles. The SMILES string of the molecule is C=C[C@@](CO)(CNCc1cc(Cl)c(OCc2cccc(-c3c(C)ccc(OCCCN4CCCC4)c3C)c2C)cc1OCc1cncc(C#N)c1)C(=O)O. The second-order valence-electron chi connectivity index (χ2n) is 13.8. The average Bonchev–Trinajstić information content (AvgIpc) is 3.70. The van der Waals surface area contributed by atoms with Gasteiger partial charge in [0.25, 0.3) is 0 Å². The van der Waals surface area contributed by atoms with Crippen molar-refractivity contribution in [3.63, 3.8) is 0 Å². The summed E-state index contributed by atoms with van der Waals surface area (Å²) in [6.07, 6.45) is 7.89. The van der Waals surface area contributed by atoms with Crippen molar-refractivity contribution in [2.24, 2.45) is 5.41 Å². The zero-order chi connectivity index (χ0) is 38.7. The molecule has 1 aliphatic rings. The quantitative estimate of drug-likeness (QED) is 0.0650. The van der Waals surface area contributed by atoms with Gasteiger partial charge >= 0.3 is 5.97 Å². The zero-order valence-electron chi connectivity index (χ0n) is 31.3. The van der Waals surface area contributed by atoms with Crippen LogP contribution in [0.1, 0.15) is 58.2 Å². The summed E-state index contributed by atoms with van der Waals surface area (Å²) in [6.45, 7) is 13.9. The Morgan fingerprint density at radius 2 is 1.80 bits per heavy atom. The Labute approximate surface area is 323 Å². The molecule has 0 aliphatic carbocycles. The van der Waals surface area contributed by atoms with Crippen LogP contribution in [-0.4, -0.2) is 65.5 Å². The van der Waals surface area contributed by atoms with Crippen LogP contribution in [-0.2, 0) is 24.6 Å². The van der Waals surface area contributed by atoms with E-state index in [0.717, 1.165) is 52.1 Å². The van der Waals surface area contributed by atoms with Crippen molar-refractivity contribution in [3.05, 3.63) is 118 Å². The summed E-state index contributed by atoms with van der Waals surface area (Å²) >= 11 is 6.79. The maximum absolute atomic E-state index is 11.9. The number of hydrogen-bond donors (Lipinski definition) is 3. The number of halogens is 1. The fraction of sp³-hybridized carbons (Fsp3) is 0.372. The van der Waals surface area contributed by atoms with Crippen LogP contribution in [0, 0.1) is 37.5 Å². The Morgan fingerprint density at radius 1 is 1.02 bits per heavy atom. The molecule has 1 aromatic heterocycles. The molecule has 11 heteroatoms. The molecule has 10 nitrogen and oxygen atoms in total. The molecule has 0 spiro atoms. The van der Waals surface area contributed by atoms with Gasteiger partial charge in [-0.1, -0.05) is 41.9 Å². The molecular weight excluding hydrogens is 704 g/mol. The number of carboxylic acids is 1. The lowest BCUT2D eigenvalue weighted by molar-refractivity contribution is -0.147. The summed E-state index contributed by atoms with van der Waals surface area (Å²) in [5, 5.41) is 32.3. The molecule has 54 heavy (non-hydrogen) atoms. The predicted octanol–water partition coefficient (Wildman–Crippen LogP) is 7.56. The third-order valence-electron chi connectivity index (χ3n) is 10.1. The Hall–Kier alpha value is -4.92. The maximum Gasteiger partial charge on any atom is 0.317 e. The number of aromatic nitrogens is 1. The van der Waals surface area contributed by atoms with Crippen molar-refractivity contribution in [2.75, 3.05) is 39.4 Å². The summed E-state index contributed by atoms with van der Waals surface area (Å²) in [7, 11) is 0. The summed E-state index contributed by atoms with van der Waals surface area (Å²) in [4.78, 5) is 18.5. The number of carboxylic acid groups (broad SMARTS) is 1. The summed E-state index contributed by atoms with van der Waals surface area (Å²) in [6, 6.07) is 17.6. The van der Waals surface area contributed by atoms with Crippen LogP contribution in [0.4, 0.5) is 0 Å². The highest BCUT2D eigenvalue weighted by Gasteiger charge is 2.34. The van der Waals surface area contributed by atoms with Crippen molar-refractivity contribution in [3.8, 4) is 34.4 Å². The third kappa shape index (κ3) is 9.78. The van der Waals surface area contributed by atoms with Crippen LogP contribution >= 0.6 is 11.6 Å². The standard InChI is InChI=1S/C43H49ClN4O6/c1-5-43(28-49,42(50)51)27-47-24-35-19-37(44)40(20-39(35)53-25-33-18-32(21-45)22-46-23-33)54-26-34-10-8-11-36(30(34)3)41-29(2)12-13-38(31(41)4)52-17-9-16-48-14-6-7-15-48/h5,8,10-13,18-20,22-23,47,49H,1,6-7,9,14-17,24-28H2,2-4H3,(H,50,51)/t43-/m0/s1. The van der Waals surface area contributed by atoms with E-state index in [0.29, 0.717) is 39.8 Å². The molecule has 1 aliphatic heterocycles. The van der Waals surface area contributed by atoms with Crippen LogP contribution < -0.4 is 19.5 Å². The van der Waals surface area contributed by atoms with Gasteiger partial charge in [0.05, 0.1) is 23.8 Å². The molecule has 0 bridgehead atoms. The zero-order valence-corrected chi connectivity index (χ0v) is 32.0. The molecule has 5 rings (SSSR count). The van der Waals surface area contributed by atoms with Crippen molar-refractivity contribution >= 4 is 17.6 Å². The number of aliphatic hydroxyl groups excluding tert-OH is 1. The number of ether oxygens (including phenoxy) is 3. The first-order valence-corrected chi connectivity index (χ1v) is 18.6. The van der Waals surface area contributed by atoms with Gasteiger partial charge in [0, 0.05) is 49.2 Å². The number of nitrogens with one attached hydrogen (secondary N) is 1. The lowest BCUT2D eigenvalue weighted by Crippen LogP contribution is -2.42. The lowest BCUT2D eigenvalue weighted by atomic mass is 9.89. The highest BCUT2D eigenvalue weighted by Crippen LogP contribution is 2.38. The van der Waals surface area contributed by atoms with Gasteiger partial charge in [-0.3, -0.25) is 9.78 Å². The van der Waals surface area contributed by atoms with Gasteiger partial charge in [-0.25, -0.2) is 0 Å². The maximum atomic E-state index is 11.9. The summed E-state index contributed by atoms with van der Waals surface area (Å²) in [5.41, 5.74) is 6.79. The van der Waals surface area contributed by atoms with E-state index in [1.54, 1.807) is 24.4 Å². The topological polar surface area (TPSA) is 137 Å². The van der Waals surface area contributed by atoms with Crippen molar-refractivity contribution in [1.29, 1.82) is 5.26 Å². The van der Waals surface area contributed by atoms with Crippen LogP contribution in [0.25, 0.3) is 11.1 Å². The first-order valence-electron chi connectivity index (χ1n) is 18.2. The minimum Gasteiger partial charge on any atom is -0.493 e. The van der Waals surface area contributed by atoms with Gasteiger partial charge in [0.15, 0.2) is 0 Å². The van der Waals surface area contributed by atoms with E-state index in [4.69, 9.17) is 25.8 Å². The van der Waals surface area contributed by atoms with Gasteiger partial charge < -0.3 is 34.6 Å². The second-order valence-corrected chi connectivity index (χ2v) is 14.2. The smallest absolute Gasteiger partial charge is 0.317 e. The van der Waals surface area contributed by atoms with Crippen LogP contribution in [0.5, 0.6) is 17.2 Å². The van der Waals surface area contributed by atoms with Crippen molar-refractivity contribution < 1.29 is 29.2 Å². The molecule has 4 aromatic rings. The Bertz CT molecular complexity index is 1990. The molecule has 1 fully saturated rings. The molecule has 1 atom stereocenters. The van der Waals surface area contributed by atoms with Crippen LogP contribution in [0.3, 0.4) is 0 Å². The number of aryl methyl sites for hydroxylation is 1. The molecule has 284 valence electrons. The monoisotopic (exact) mass is 752 g/mol. The fourth-order valence-electron chi connectivity index (χ4n) is 6.73. The molecule has 0 amide bonds. The molecule has 3 N–H and O–H groups in total. The number of aliphatic carboxylic acids is 1. The van der Waals surface area contributed by atoms with Gasteiger partial charge in [-0.05, 0) is 105 Å². The minimum absolute atomic E-state index is 0.0753. The van der Waals surface area contributed by atoms with E-state index in [2.05, 4.69) is 66.8 Å². The van der Waals surface area contributed by atoms with E-state index >= 15 is 0 Å². The summed E-state index contributed by atoms with van der Waals surface area (Å²) < 4.78 is 18.9. The van der Waals surface area contributed by atoms with Gasteiger partial charge in [0.2, 0.25) is 0 Å². The Balaban J connectivity index is 1.34. The first kappa shape index (κ1) is 40.3. The number of pyridine rings is 1. The molecule has 1 saturated heterocycles. The summed E-state index contributed by atoms with van der Waals surface area (Å²) in [5.74, 6) is 0.560. The first-order chi connectivity index (χ1) is 26.1. The second kappa shape index (κ2) is 18.9. The number of carbonyl (C=O) groups is 1. The largest absolute Gasteiger partial charge is 0.493 e.